The molecule has 0 saturated heterocycles. The van der Waals surface area contributed by atoms with Gasteiger partial charge in [0.15, 0.2) is 11.5 Å². The Morgan fingerprint density at radius 2 is 0.917 bits per heavy atom. The van der Waals surface area contributed by atoms with Crippen LogP contribution in [0.5, 0.6) is 0 Å². The first kappa shape index (κ1) is 15.0. The molecule has 118 valence electrons. The van der Waals surface area contributed by atoms with Crippen LogP contribution in [0.4, 0.5) is 0 Å². The van der Waals surface area contributed by atoms with E-state index in [1.165, 1.54) is 0 Å². The van der Waals surface area contributed by atoms with Gasteiger partial charge in [0.25, 0.3) is 0 Å². The second kappa shape index (κ2) is 5.51. The van der Waals surface area contributed by atoms with Gasteiger partial charge in [-0.3, -0.25) is 0 Å². The average molecular weight is 359 g/mol. The number of hydrogen-bond acceptors (Lipinski definition) is 4. The van der Waals surface area contributed by atoms with Gasteiger partial charge in [-0.25, -0.2) is 9.59 Å². The lowest BCUT2D eigenvalue weighted by molar-refractivity contribution is -0.131. The third-order valence-corrected chi connectivity index (χ3v) is 4.23. The van der Waals surface area contributed by atoms with Crippen molar-refractivity contribution >= 4 is 46.3 Å². The van der Waals surface area contributed by atoms with Gasteiger partial charge in [-0.1, -0.05) is 47.5 Å². The number of halogens is 2. The monoisotopic (exact) mass is 358 g/mol. The molecule has 2 heterocycles. The molecule has 0 spiro atoms. The fourth-order valence-corrected chi connectivity index (χ4v) is 2.88. The van der Waals surface area contributed by atoms with E-state index in [4.69, 9.17) is 32.7 Å². The highest BCUT2D eigenvalue weighted by Crippen LogP contribution is 2.43. The number of fused-ring (bicyclic) bond motifs is 1. The molecule has 0 saturated carbocycles. The van der Waals surface area contributed by atoms with Crippen molar-refractivity contribution in [3.05, 3.63) is 81.2 Å². The van der Waals surface area contributed by atoms with Gasteiger partial charge in [0, 0.05) is 10.0 Å². The standard InChI is InChI=1S/C18H8Cl2O4/c19-11-5-1-9(2-6-11)13-15-16(24-17(13)21)14(18(22)23-15)10-3-7-12(20)8-4-10/h1-8H. The number of rotatable bonds is 2. The summed E-state index contributed by atoms with van der Waals surface area (Å²) >= 11 is 11.7. The first-order valence-corrected chi connectivity index (χ1v) is 7.75. The zero-order valence-electron chi connectivity index (χ0n) is 12.0. The van der Waals surface area contributed by atoms with Crippen LogP contribution in [0.2, 0.25) is 10.0 Å². The summed E-state index contributed by atoms with van der Waals surface area (Å²) in [6.07, 6.45) is 0. The van der Waals surface area contributed by atoms with Crippen molar-refractivity contribution in [1.29, 1.82) is 0 Å². The first-order valence-electron chi connectivity index (χ1n) is 7.00. The number of carbonyl (C=O) groups excluding carboxylic acids is 2. The quantitative estimate of drug-likeness (QED) is 0.753. The summed E-state index contributed by atoms with van der Waals surface area (Å²) in [6, 6.07) is 13.3. The minimum Gasteiger partial charge on any atom is -0.418 e. The lowest BCUT2D eigenvalue weighted by Crippen LogP contribution is -2.04. The van der Waals surface area contributed by atoms with Crippen molar-refractivity contribution in [3.8, 4) is 0 Å². The number of ether oxygens (including phenoxy) is 2. The molecule has 6 heteroatoms. The summed E-state index contributed by atoms with van der Waals surface area (Å²) in [5.41, 5.74) is 1.55. The highest BCUT2D eigenvalue weighted by Gasteiger charge is 2.43. The lowest BCUT2D eigenvalue weighted by Gasteiger charge is -2.03. The molecule has 0 bridgehead atoms. The van der Waals surface area contributed by atoms with Crippen molar-refractivity contribution in [3.63, 3.8) is 0 Å². The molecular formula is C18H8Cl2O4. The van der Waals surface area contributed by atoms with E-state index in [0.717, 1.165) is 0 Å². The van der Waals surface area contributed by atoms with Crippen molar-refractivity contribution in [2.24, 2.45) is 0 Å². The summed E-state index contributed by atoms with van der Waals surface area (Å²) in [6.45, 7) is 0. The van der Waals surface area contributed by atoms with Crippen molar-refractivity contribution in [1.82, 2.24) is 0 Å². The van der Waals surface area contributed by atoms with Gasteiger partial charge in [-0.2, -0.15) is 0 Å². The fraction of sp³-hybridized carbons (Fsp3) is 0. The number of esters is 2. The third-order valence-electron chi connectivity index (χ3n) is 3.72. The van der Waals surface area contributed by atoms with Gasteiger partial charge < -0.3 is 9.47 Å². The highest BCUT2D eigenvalue weighted by atomic mass is 35.5. The average Bonchev–Trinajstić information content (AvgIpc) is 3.02. The summed E-state index contributed by atoms with van der Waals surface area (Å²) in [7, 11) is 0. The predicted molar refractivity (Wildman–Crippen MR) is 88.9 cm³/mol. The third kappa shape index (κ3) is 2.31. The second-order valence-corrected chi connectivity index (χ2v) is 6.07. The molecule has 24 heavy (non-hydrogen) atoms. The Kier molecular flexibility index (Phi) is 3.44. The number of benzene rings is 2. The van der Waals surface area contributed by atoms with Crippen LogP contribution in [0.25, 0.3) is 11.1 Å². The molecule has 2 aromatic rings. The van der Waals surface area contributed by atoms with Crippen LogP contribution in [0.1, 0.15) is 11.1 Å². The zero-order chi connectivity index (χ0) is 16.8. The Hall–Kier alpha value is -2.56. The normalized spacial score (nSPS) is 16.4. The largest absolute Gasteiger partial charge is 0.418 e. The van der Waals surface area contributed by atoms with Gasteiger partial charge in [-0.15, -0.1) is 0 Å². The van der Waals surface area contributed by atoms with Crippen molar-refractivity contribution in [2.45, 2.75) is 0 Å². The maximum Gasteiger partial charge on any atom is 0.348 e. The van der Waals surface area contributed by atoms with Crippen LogP contribution in [-0.4, -0.2) is 11.9 Å². The molecule has 0 unspecified atom stereocenters. The Labute approximate surface area is 146 Å². The van der Waals surface area contributed by atoms with E-state index in [1.807, 2.05) is 0 Å². The summed E-state index contributed by atoms with van der Waals surface area (Å²) < 4.78 is 10.6. The maximum absolute atomic E-state index is 12.3. The number of carbonyl (C=O) groups is 2. The highest BCUT2D eigenvalue weighted by molar-refractivity contribution is 6.32. The minimum absolute atomic E-state index is 0.136. The van der Waals surface area contributed by atoms with Gasteiger partial charge in [0.05, 0.1) is 0 Å². The van der Waals surface area contributed by atoms with Crippen molar-refractivity contribution < 1.29 is 19.1 Å². The molecular weight excluding hydrogens is 351 g/mol. The van der Waals surface area contributed by atoms with E-state index in [1.54, 1.807) is 48.5 Å². The van der Waals surface area contributed by atoms with Crippen LogP contribution < -0.4 is 0 Å². The molecule has 2 aromatic carbocycles. The Bertz CT molecular complexity index is 858. The topological polar surface area (TPSA) is 52.6 Å². The van der Waals surface area contributed by atoms with Gasteiger partial charge in [0.2, 0.25) is 0 Å². The molecule has 2 aliphatic rings. The predicted octanol–water partition coefficient (Wildman–Crippen LogP) is 4.23. The van der Waals surface area contributed by atoms with Crippen LogP contribution in [0.15, 0.2) is 60.0 Å². The summed E-state index contributed by atoms with van der Waals surface area (Å²) in [5, 5.41) is 1.08. The van der Waals surface area contributed by atoms with E-state index >= 15 is 0 Å². The smallest absolute Gasteiger partial charge is 0.348 e. The number of hydrogen-bond donors (Lipinski definition) is 0. The van der Waals surface area contributed by atoms with Crippen LogP contribution in [0, 0.1) is 0 Å². The minimum atomic E-state index is -0.568. The summed E-state index contributed by atoms with van der Waals surface area (Å²) in [4.78, 5) is 24.5. The van der Waals surface area contributed by atoms with E-state index in [0.29, 0.717) is 21.2 Å². The Morgan fingerprint density at radius 3 is 1.25 bits per heavy atom. The van der Waals surface area contributed by atoms with E-state index < -0.39 is 11.9 Å². The second-order valence-electron chi connectivity index (χ2n) is 5.20. The van der Waals surface area contributed by atoms with Crippen LogP contribution in [-0.2, 0) is 19.1 Å². The Balaban J connectivity index is 1.88. The molecule has 0 N–H and O–H groups in total. The van der Waals surface area contributed by atoms with E-state index in [9.17, 15) is 9.59 Å². The van der Waals surface area contributed by atoms with E-state index in [2.05, 4.69) is 0 Å². The van der Waals surface area contributed by atoms with Crippen LogP contribution in [0.3, 0.4) is 0 Å². The Morgan fingerprint density at radius 1 is 0.583 bits per heavy atom. The van der Waals surface area contributed by atoms with Gasteiger partial charge in [0.1, 0.15) is 11.1 Å². The molecule has 0 fully saturated rings. The molecule has 2 aliphatic heterocycles. The molecule has 0 atom stereocenters. The maximum atomic E-state index is 12.3. The molecule has 4 nitrogen and oxygen atoms in total. The van der Waals surface area contributed by atoms with Gasteiger partial charge in [-0.05, 0) is 35.4 Å². The zero-order valence-corrected chi connectivity index (χ0v) is 13.5. The van der Waals surface area contributed by atoms with Crippen molar-refractivity contribution in [2.75, 3.05) is 0 Å². The molecule has 4 rings (SSSR count). The molecule has 0 aromatic heterocycles. The van der Waals surface area contributed by atoms with Crippen LogP contribution >= 0.6 is 23.2 Å². The SMILES string of the molecule is O=C1OC2=C(c3ccc(Cl)cc3)C(=O)OC2=C1c1ccc(Cl)cc1. The first-order chi connectivity index (χ1) is 11.5. The van der Waals surface area contributed by atoms with E-state index in [-0.39, 0.29) is 22.7 Å². The lowest BCUT2D eigenvalue weighted by atomic mass is 10.0. The van der Waals surface area contributed by atoms with Gasteiger partial charge >= 0.3 is 11.9 Å². The molecule has 0 amide bonds. The molecule has 0 aliphatic carbocycles. The fourth-order valence-electron chi connectivity index (χ4n) is 2.63. The molecule has 0 radical (unpaired) electrons. The summed E-state index contributed by atoms with van der Waals surface area (Å²) in [5.74, 6) is -0.864.